The Balaban J connectivity index is 2.08. The standard InChI is InChI=1S/C12H13N3/c1-10(11-5-3-2-4-6-11)15-12-9-13-7-8-14-12/h2-10H,1H3,(H,14,15)/t10-/m0/s1. The predicted molar refractivity (Wildman–Crippen MR) is 60.5 cm³/mol. The van der Waals surface area contributed by atoms with Gasteiger partial charge in [0, 0.05) is 18.4 Å². The van der Waals surface area contributed by atoms with Crippen molar-refractivity contribution in [1.29, 1.82) is 0 Å². The molecule has 0 aliphatic carbocycles. The molecule has 0 aliphatic rings. The van der Waals surface area contributed by atoms with Gasteiger partial charge in [0.15, 0.2) is 0 Å². The molecule has 0 aliphatic heterocycles. The number of nitrogens with one attached hydrogen (secondary N) is 1. The summed E-state index contributed by atoms with van der Waals surface area (Å²) in [6.45, 7) is 2.10. The van der Waals surface area contributed by atoms with Crippen molar-refractivity contribution in [2.45, 2.75) is 13.0 Å². The summed E-state index contributed by atoms with van der Waals surface area (Å²) in [7, 11) is 0. The lowest BCUT2D eigenvalue weighted by Crippen LogP contribution is -2.07. The van der Waals surface area contributed by atoms with Crippen LogP contribution in [0.3, 0.4) is 0 Å². The third-order valence-electron chi connectivity index (χ3n) is 2.23. The van der Waals surface area contributed by atoms with Crippen LogP contribution in [-0.2, 0) is 0 Å². The molecule has 3 heteroatoms. The second kappa shape index (κ2) is 4.55. The predicted octanol–water partition coefficient (Wildman–Crippen LogP) is 2.65. The maximum Gasteiger partial charge on any atom is 0.144 e. The van der Waals surface area contributed by atoms with E-state index < -0.39 is 0 Å². The van der Waals surface area contributed by atoms with Crippen LogP contribution in [0.25, 0.3) is 0 Å². The fourth-order valence-corrected chi connectivity index (χ4v) is 1.42. The number of rotatable bonds is 3. The highest BCUT2D eigenvalue weighted by molar-refractivity contribution is 5.35. The fourth-order valence-electron chi connectivity index (χ4n) is 1.42. The molecule has 1 aromatic carbocycles. The van der Waals surface area contributed by atoms with Crippen LogP contribution >= 0.6 is 0 Å². The number of nitrogens with zero attached hydrogens (tertiary/aromatic N) is 2. The van der Waals surface area contributed by atoms with E-state index in [4.69, 9.17) is 0 Å². The first-order chi connectivity index (χ1) is 7.36. The lowest BCUT2D eigenvalue weighted by molar-refractivity contribution is 0.871. The van der Waals surface area contributed by atoms with Crippen LogP contribution < -0.4 is 5.32 Å². The minimum absolute atomic E-state index is 0.239. The molecule has 1 heterocycles. The summed E-state index contributed by atoms with van der Waals surface area (Å²) in [4.78, 5) is 8.18. The van der Waals surface area contributed by atoms with Crippen molar-refractivity contribution < 1.29 is 0 Å². The van der Waals surface area contributed by atoms with Gasteiger partial charge in [-0.25, -0.2) is 4.98 Å². The molecule has 2 rings (SSSR count). The van der Waals surface area contributed by atoms with Crippen molar-refractivity contribution >= 4 is 5.82 Å². The summed E-state index contributed by atoms with van der Waals surface area (Å²) in [5.74, 6) is 0.800. The number of hydrogen-bond donors (Lipinski definition) is 1. The maximum atomic E-state index is 4.17. The van der Waals surface area contributed by atoms with E-state index in [1.165, 1.54) is 5.56 Å². The lowest BCUT2D eigenvalue weighted by atomic mass is 10.1. The average molecular weight is 199 g/mol. The molecule has 0 radical (unpaired) electrons. The number of hydrogen-bond acceptors (Lipinski definition) is 3. The van der Waals surface area contributed by atoms with Crippen LogP contribution in [0, 0.1) is 0 Å². The van der Waals surface area contributed by atoms with Crippen LogP contribution in [0.4, 0.5) is 5.82 Å². The van der Waals surface area contributed by atoms with E-state index in [9.17, 15) is 0 Å². The smallest absolute Gasteiger partial charge is 0.144 e. The third kappa shape index (κ3) is 2.53. The number of benzene rings is 1. The van der Waals surface area contributed by atoms with E-state index in [-0.39, 0.29) is 6.04 Å². The minimum Gasteiger partial charge on any atom is -0.362 e. The zero-order valence-corrected chi connectivity index (χ0v) is 8.59. The Bertz CT molecular complexity index is 400. The third-order valence-corrected chi connectivity index (χ3v) is 2.23. The fraction of sp³-hybridized carbons (Fsp3) is 0.167. The number of aromatic nitrogens is 2. The highest BCUT2D eigenvalue weighted by Gasteiger charge is 2.04. The topological polar surface area (TPSA) is 37.8 Å². The van der Waals surface area contributed by atoms with Crippen LogP contribution in [0.15, 0.2) is 48.9 Å². The molecular weight excluding hydrogens is 186 g/mol. The molecule has 0 unspecified atom stereocenters. The molecule has 0 fully saturated rings. The van der Waals surface area contributed by atoms with Gasteiger partial charge in [-0.15, -0.1) is 0 Å². The summed E-state index contributed by atoms with van der Waals surface area (Å²) < 4.78 is 0. The van der Waals surface area contributed by atoms with E-state index in [2.05, 4.69) is 34.3 Å². The van der Waals surface area contributed by atoms with Crippen LogP contribution in [0.1, 0.15) is 18.5 Å². The molecule has 76 valence electrons. The van der Waals surface area contributed by atoms with Crippen molar-refractivity contribution in [2.24, 2.45) is 0 Å². The van der Waals surface area contributed by atoms with Gasteiger partial charge in [0.25, 0.3) is 0 Å². The van der Waals surface area contributed by atoms with Crippen molar-refractivity contribution in [1.82, 2.24) is 9.97 Å². The quantitative estimate of drug-likeness (QED) is 0.825. The van der Waals surface area contributed by atoms with Crippen LogP contribution in [0.2, 0.25) is 0 Å². The highest BCUT2D eigenvalue weighted by atomic mass is 15.0. The first-order valence-corrected chi connectivity index (χ1v) is 4.94. The van der Waals surface area contributed by atoms with Crippen molar-refractivity contribution in [3.8, 4) is 0 Å². The van der Waals surface area contributed by atoms with Crippen LogP contribution in [0.5, 0.6) is 0 Å². The molecule has 2 aromatic rings. The molecule has 0 spiro atoms. The van der Waals surface area contributed by atoms with E-state index >= 15 is 0 Å². The van der Waals surface area contributed by atoms with Gasteiger partial charge in [-0.3, -0.25) is 4.98 Å². The van der Waals surface area contributed by atoms with Crippen molar-refractivity contribution in [2.75, 3.05) is 5.32 Å². The molecule has 0 bridgehead atoms. The Kier molecular flexibility index (Phi) is 2.93. The van der Waals surface area contributed by atoms with Gasteiger partial charge in [-0.05, 0) is 12.5 Å². The molecular formula is C12H13N3. The van der Waals surface area contributed by atoms with E-state index in [1.807, 2.05) is 18.2 Å². The number of anilines is 1. The molecule has 3 nitrogen and oxygen atoms in total. The Morgan fingerprint density at radius 1 is 1.13 bits per heavy atom. The second-order valence-corrected chi connectivity index (χ2v) is 3.37. The van der Waals surface area contributed by atoms with Gasteiger partial charge in [-0.2, -0.15) is 0 Å². The Labute approximate surface area is 89.2 Å². The van der Waals surface area contributed by atoms with Gasteiger partial charge in [-0.1, -0.05) is 30.3 Å². The molecule has 0 amide bonds. The van der Waals surface area contributed by atoms with E-state index in [1.54, 1.807) is 18.6 Å². The van der Waals surface area contributed by atoms with Gasteiger partial charge in [0.05, 0.1) is 6.20 Å². The van der Waals surface area contributed by atoms with Crippen molar-refractivity contribution in [3.63, 3.8) is 0 Å². The zero-order chi connectivity index (χ0) is 10.5. The van der Waals surface area contributed by atoms with Crippen molar-refractivity contribution in [3.05, 3.63) is 54.5 Å². The van der Waals surface area contributed by atoms with Crippen LogP contribution in [-0.4, -0.2) is 9.97 Å². The maximum absolute atomic E-state index is 4.17. The second-order valence-electron chi connectivity index (χ2n) is 3.37. The van der Waals surface area contributed by atoms with E-state index in [0.717, 1.165) is 5.82 Å². The summed E-state index contributed by atoms with van der Waals surface area (Å²) in [6, 6.07) is 10.5. The van der Waals surface area contributed by atoms with Gasteiger partial charge in [0.2, 0.25) is 0 Å². The molecule has 1 atom stereocenters. The molecule has 15 heavy (non-hydrogen) atoms. The Morgan fingerprint density at radius 2 is 1.93 bits per heavy atom. The Morgan fingerprint density at radius 3 is 2.60 bits per heavy atom. The first kappa shape index (κ1) is 9.65. The lowest BCUT2D eigenvalue weighted by Gasteiger charge is -2.13. The summed E-state index contributed by atoms with van der Waals surface area (Å²) in [5, 5.41) is 3.28. The molecule has 1 N–H and O–H groups in total. The highest BCUT2D eigenvalue weighted by Crippen LogP contribution is 2.15. The summed E-state index contributed by atoms with van der Waals surface area (Å²) >= 11 is 0. The van der Waals surface area contributed by atoms with Gasteiger partial charge < -0.3 is 5.32 Å². The monoisotopic (exact) mass is 199 g/mol. The minimum atomic E-state index is 0.239. The molecule has 0 saturated carbocycles. The average Bonchev–Trinajstić information content (AvgIpc) is 2.31. The Hall–Kier alpha value is -1.90. The normalized spacial score (nSPS) is 12.1. The molecule has 0 saturated heterocycles. The molecule has 1 aromatic heterocycles. The summed E-state index contributed by atoms with van der Waals surface area (Å²) in [6.07, 6.45) is 5.07. The van der Waals surface area contributed by atoms with Gasteiger partial charge in [0.1, 0.15) is 5.82 Å². The first-order valence-electron chi connectivity index (χ1n) is 4.94. The van der Waals surface area contributed by atoms with Gasteiger partial charge >= 0.3 is 0 Å². The largest absolute Gasteiger partial charge is 0.362 e. The summed E-state index contributed by atoms with van der Waals surface area (Å²) in [5.41, 5.74) is 1.24. The SMILES string of the molecule is C[C@H](Nc1cnccn1)c1ccccc1. The van der Waals surface area contributed by atoms with E-state index in [0.29, 0.717) is 0 Å². The zero-order valence-electron chi connectivity index (χ0n) is 8.59.